The summed E-state index contributed by atoms with van der Waals surface area (Å²) in [6.45, 7) is 29.5. The van der Waals surface area contributed by atoms with E-state index in [0.717, 1.165) is 5.75 Å². The largest absolute Gasteiger partial charge is 0.373 e. The van der Waals surface area contributed by atoms with Gasteiger partial charge < -0.3 is 4.74 Å². The van der Waals surface area contributed by atoms with E-state index in [-0.39, 0.29) is 15.5 Å². The summed E-state index contributed by atoms with van der Waals surface area (Å²) in [5.74, 6) is 0.924. The predicted molar refractivity (Wildman–Crippen MR) is 141 cm³/mol. The fraction of sp³-hybridized carbons (Fsp3) is 0.957. The van der Waals surface area contributed by atoms with E-state index in [1.165, 1.54) is 11.8 Å². The van der Waals surface area contributed by atoms with Gasteiger partial charge in [0.25, 0.3) is 0 Å². The molecule has 0 saturated carbocycles. The highest BCUT2D eigenvalue weighted by Crippen LogP contribution is 2.60. The van der Waals surface area contributed by atoms with Gasteiger partial charge in [-0.2, -0.15) is 0 Å². The maximum Gasteiger partial charge on any atom is 0.189 e. The van der Waals surface area contributed by atoms with Crippen LogP contribution < -0.4 is 0 Å². The molecule has 0 aliphatic rings. The fourth-order valence-corrected chi connectivity index (χ4v) is 11.1. The molecule has 0 aliphatic heterocycles. The Hall–Kier alpha value is 0.680. The number of nitrogens with zero attached hydrogens (tertiary/aromatic N) is 2. The second kappa shape index (κ2) is 13.4. The molecular weight excluding hydrogens is 431 g/mol. The highest BCUT2D eigenvalue weighted by molar-refractivity contribution is 8.54. The summed E-state index contributed by atoms with van der Waals surface area (Å²) in [5.41, 5.74) is -0.252. The predicted octanol–water partition coefficient (Wildman–Crippen LogP) is 7.43. The number of rotatable bonds is 14. The van der Waals surface area contributed by atoms with E-state index < -0.39 is 7.42 Å². The molecule has 0 spiro atoms. The van der Waals surface area contributed by atoms with Crippen LogP contribution in [0.4, 0.5) is 0 Å². The topological polar surface area (TPSA) is 32.8 Å². The fourth-order valence-electron chi connectivity index (χ4n) is 3.27. The van der Waals surface area contributed by atoms with Crippen LogP contribution in [0.2, 0.25) is 0 Å². The van der Waals surface area contributed by atoms with Crippen LogP contribution in [0.25, 0.3) is 0 Å². The number of hydrogen-bond donors (Lipinski definition) is 0. The van der Waals surface area contributed by atoms with Gasteiger partial charge in [0.1, 0.15) is 7.42 Å². The van der Waals surface area contributed by atoms with Gasteiger partial charge in [-0.1, -0.05) is 30.1 Å². The molecule has 0 aromatic heterocycles. The Morgan fingerprint density at radius 3 is 1.60 bits per heavy atom. The lowest BCUT2D eigenvalue weighted by molar-refractivity contribution is -0.110. The standard InChI is InChI=1S/C23H49N2O2PS2/c1-14-21(26)30-23(12,13)15-27-22(10,11)16-29-28(24(17(2)3)18(4)5)25(19(6)7)20(8)9/h17-20H,14-16H2,1-13H3. The Morgan fingerprint density at radius 2 is 1.27 bits per heavy atom. The SMILES string of the molecule is CCC(=O)SC(C)(C)COC(C)(C)CSP(N(C(C)C)C(C)C)N(C(C)C)C(C)C. The molecule has 0 saturated heterocycles. The lowest BCUT2D eigenvalue weighted by Gasteiger charge is -2.47. The van der Waals surface area contributed by atoms with Gasteiger partial charge in [-0.15, -0.1) is 0 Å². The molecule has 0 aromatic rings. The molecule has 0 aliphatic carbocycles. The minimum atomic E-state index is -0.521. The summed E-state index contributed by atoms with van der Waals surface area (Å²) >= 11 is 3.45. The molecule has 0 bridgehead atoms. The van der Waals surface area contributed by atoms with Crippen molar-refractivity contribution in [1.29, 1.82) is 0 Å². The molecule has 30 heavy (non-hydrogen) atoms. The molecule has 0 aromatic carbocycles. The van der Waals surface area contributed by atoms with E-state index in [0.29, 0.717) is 37.2 Å². The molecule has 0 N–H and O–H groups in total. The molecule has 0 unspecified atom stereocenters. The van der Waals surface area contributed by atoms with Crippen LogP contribution in [0.15, 0.2) is 0 Å². The normalized spacial score (nSPS) is 13.9. The van der Waals surface area contributed by atoms with Gasteiger partial charge in [0.15, 0.2) is 5.12 Å². The summed E-state index contributed by atoms with van der Waals surface area (Å²) in [6, 6.07) is 1.96. The Balaban J connectivity index is 5.38. The van der Waals surface area contributed by atoms with Crippen molar-refractivity contribution in [3.63, 3.8) is 0 Å². The average molecular weight is 481 g/mol. The van der Waals surface area contributed by atoms with E-state index in [1.807, 2.05) is 18.3 Å². The first kappa shape index (κ1) is 30.7. The average Bonchev–Trinajstić information content (AvgIpc) is 2.56. The van der Waals surface area contributed by atoms with Crippen molar-refractivity contribution < 1.29 is 9.53 Å². The highest BCUT2D eigenvalue weighted by atomic mass is 32.7. The van der Waals surface area contributed by atoms with Crippen LogP contribution in [0.5, 0.6) is 0 Å². The maximum atomic E-state index is 11.9. The van der Waals surface area contributed by atoms with Crippen molar-refractivity contribution >= 4 is 35.7 Å². The summed E-state index contributed by atoms with van der Waals surface area (Å²) in [5, 5.41) is 0.230. The molecule has 7 heteroatoms. The molecular formula is C23H49N2O2PS2. The second-order valence-electron chi connectivity index (χ2n) is 10.3. The lowest BCUT2D eigenvalue weighted by atomic mass is 10.1. The van der Waals surface area contributed by atoms with Gasteiger partial charge in [-0.05, 0) is 83.1 Å². The quantitative estimate of drug-likeness (QED) is 0.240. The van der Waals surface area contributed by atoms with E-state index in [2.05, 4.69) is 92.4 Å². The van der Waals surface area contributed by atoms with Gasteiger partial charge in [-0.3, -0.25) is 14.1 Å². The van der Waals surface area contributed by atoms with Gasteiger partial charge in [0, 0.05) is 41.1 Å². The minimum absolute atomic E-state index is 0.205. The molecule has 0 amide bonds. The number of carbonyl (C=O) groups excluding carboxylic acids is 1. The molecule has 0 atom stereocenters. The summed E-state index contributed by atoms with van der Waals surface area (Å²) in [6.07, 6.45) is 0.568. The van der Waals surface area contributed by atoms with Crippen LogP contribution in [0.1, 0.15) is 96.4 Å². The Kier molecular flexibility index (Phi) is 13.7. The van der Waals surface area contributed by atoms with Crippen molar-refractivity contribution in [1.82, 2.24) is 9.34 Å². The third kappa shape index (κ3) is 11.0. The molecule has 0 rings (SSSR count). The first-order chi connectivity index (χ1) is 13.5. The van der Waals surface area contributed by atoms with E-state index in [9.17, 15) is 4.79 Å². The van der Waals surface area contributed by atoms with Crippen LogP contribution in [0.3, 0.4) is 0 Å². The van der Waals surface area contributed by atoms with Crippen molar-refractivity contribution in [2.45, 2.75) is 131 Å². The van der Waals surface area contributed by atoms with Crippen molar-refractivity contribution in [3.8, 4) is 0 Å². The van der Waals surface area contributed by atoms with E-state index in [4.69, 9.17) is 4.74 Å². The molecule has 0 heterocycles. The summed E-state index contributed by atoms with van der Waals surface area (Å²) in [4.78, 5) is 11.9. The molecule has 4 nitrogen and oxygen atoms in total. The van der Waals surface area contributed by atoms with Crippen LogP contribution >= 0.6 is 30.6 Å². The third-order valence-corrected chi connectivity index (χ3v) is 11.6. The first-order valence-electron chi connectivity index (χ1n) is 11.4. The molecule has 0 radical (unpaired) electrons. The zero-order valence-corrected chi connectivity index (χ0v) is 24.4. The van der Waals surface area contributed by atoms with E-state index >= 15 is 0 Å². The number of ether oxygens (including phenoxy) is 1. The highest BCUT2D eigenvalue weighted by Gasteiger charge is 2.35. The Bertz CT molecular complexity index is 475. The minimum Gasteiger partial charge on any atom is -0.373 e. The Morgan fingerprint density at radius 1 is 0.867 bits per heavy atom. The Labute approximate surface area is 197 Å². The lowest BCUT2D eigenvalue weighted by Crippen LogP contribution is -2.42. The van der Waals surface area contributed by atoms with Crippen LogP contribution in [-0.2, 0) is 9.53 Å². The van der Waals surface area contributed by atoms with E-state index in [1.54, 1.807) is 0 Å². The second-order valence-corrected chi connectivity index (χ2v) is 15.8. The van der Waals surface area contributed by atoms with Crippen molar-refractivity contribution in [3.05, 3.63) is 0 Å². The zero-order chi connectivity index (χ0) is 23.9. The number of hydrogen-bond acceptors (Lipinski definition) is 6. The molecule has 0 fully saturated rings. The van der Waals surface area contributed by atoms with Gasteiger partial charge in [0.2, 0.25) is 0 Å². The van der Waals surface area contributed by atoms with Gasteiger partial charge >= 0.3 is 0 Å². The monoisotopic (exact) mass is 480 g/mol. The van der Waals surface area contributed by atoms with Gasteiger partial charge in [0.05, 0.1) is 12.2 Å². The first-order valence-corrected chi connectivity index (χ1v) is 15.1. The molecule has 180 valence electrons. The number of carbonyl (C=O) groups is 1. The number of thioether (sulfide) groups is 1. The van der Waals surface area contributed by atoms with Crippen molar-refractivity contribution in [2.75, 3.05) is 12.4 Å². The maximum absolute atomic E-state index is 11.9. The zero-order valence-electron chi connectivity index (χ0n) is 21.9. The van der Waals surface area contributed by atoms with Crippen molar-refractivity contribution in [2.24, 2.45) is 0 Å². The third-order valence-electron chi connectivity index (χ3n) is 4.53. The smallest absolute Gasteiger partial charge is 0.189 e. The summed E-state index contributed by atoms with van der Waals surface area (Å²) in [7, 11) is -0.521. The van der Waals surface area contributed by atoms with Crippen LogP contribution in [-0.4, -0.2) is 61.3 Å². The van der Waals surface area contributed by atoms with Crippen LogP contribution in [0, 0.1) is 0 Å². The van der Waals surface area contributed by atoms with Gasteiger partial charge in [-0.25, -0.2) is 0 Å². The summed E-state index contributed by atoms with van der Waals surface area (Å²) < 4.78 is 11.5.